The average Bonchev–Trinajstić information content (AvgIpc) is 2.46. The number of hydrogen-bond donors (Lipinski definition) is 0. The molecule has 0 saturated carbocycles. The Morgan fingerprint density at radius 3 is 2.18 bits per heavy atom. The van der Waals surface area contributed by atoms with E-state index in [0.717, 1.165) is 5.56 Å². The second-order valence-corrected chi connectivity index (χ2v) is 7.16. The summed E-state index contributed by atoms with van der Waals surface area (Å²) < 4.78 is 30.1. The van der Waals surface area contributed by atoms with Crippen molar-refractivity contribution in [2.75, 3.05) is 0 Å². The third-order valence-corrected chi connectivity index (χ3v) is 5.07. The molecule has 4 nitrogen and oxygen atoms in total. The van der Waals surface area contributed by atoms with Gasteiger partial charge in [-0.3, -0.25) is 9.17 Å². The smallest absolute Gasteiger partial charge is 0.262 e. The Labute approximate surface area is 140 Å². The third kappa shape index (κ3) is 3.79. The first-order chi connectivity index (χ1) is 10.3. The predicted octanol–water partition coefficient (Wildman–Crippen LogP) is 4.55. The number of hydrogen-bond acceptors (Lipinski definition) is 4. The van der Waals surface area contributed by atoms with Gasteiger partial charge in [0.05, 0.1) is 14.9 Å². The lowest BCUT2D eigenvalue weighted by molar-refractivity contribution is 0.209. The van der Waals surface area contributed by atoms with Crippen molar-refractivity contribution in [1.29, 1.82) is 0 Å². The minimum atomic E-state index is -3.91. The van der Waals surface area contributed by atoms with Gasteiger partial charge in [0, 0.05) is 18.0 Å². The Balaban J connectivity index is 2.36. The molecule has 1 aromatic heterocycles. The second kappa shape index (κ2) is 6.96. The molecule has 0 saturated heterocycles. The van der Waals surface area contributed by atoms with Gasteiger partial charge < -0.3 is 0 Å². The van der Waals surface area contributed by atoms with Gasteiger partial charge in [-0.25, -0.2) is 0 Å². The lowest BCUT2D eigenvalue weighted by atomic mass is 10.1. The van der Waals surface area contributed by atoms with Gasteiger partial charge in [-0.2, -0.15) is 8.42 Å². The summed E-state index contributed by atoms with van der Waals surface area (Å²) in [5, 5.41) is 0.553. The molecule has 0 radical (unpaired) electrons. The molecule has 0 aliphatic rings. The predicted molar refractivity (Wildman–Crippen MR) is 86.7 cm³/mol. The number of nitrogens with zero attached hydrogens (tertiary/aromatic N) is 1. The van der Waals surface area contributed by atoms with Crippen LogP contribution in [0, 0.1) is 6.92 Å². The molecule has 1 aromatic carbocycles. The van der Waals surface area contributed by atoms with Crippen LogP contribution in [0.2, 0.25) is 10.0 Å². The van der Waals surface area contributed by atoms with Crippen molar-refractivity contribution in [3.63, 3.8) is 0 Å². The van der Waals surface area contributed by atoms with Crippen LogP contribution in [0.1, 0.15) is 30.6 Å². The molecule has 0 N–H and O–H groups in total. The SMILES string of the molecule is CCC(OS(=O)(=O)c1ccc(C)cc1)c1c(Cl)cncc1Cl. The molecular weight excluding hydrogens is 345 g/mol. The summed E-state index contributed by atoms with van der Waals surface area (Å²) in [7, 11) is -3.91. The van der Waals surface area contributed by atoms with E-state index in [1.807, 2.05) is 6.92 Å². The number of benzene rings is 1. The Kier molecular flexibility index (Phi) is 5.45. The maximum atomic E-state index is 12.4. The van der Waals surface area contributed by atoms with E-state index in [2.05, 4.69) is 4.98 Å². The molecular formula is C15H15Cl2NO3S. The highest BCUT2D eigenvalue weighted by Gasteiger charge is 2.25. The second-order valence-electron chi connectivity index (χ2n) is 4.78. The van der Waals surface area contributed by atoms with E-state index >= 15 is 0 Å². The molecule has 1 atom stereocenters. The highest BCUT2D eigenvalue weighted by molar-refractivity contribution is 7.86. The third-order valence-electron chi connectivity index (χ3n) is 3.14. The summed E-state index contributed by atoms with van der Waals surface area (Å²) in [6.45, 7) is 3.67. The summed E-state index contributed by atoms with van der Waals surface area (Å²) in [5.41, 5.74) is 1.39. The molecule has 1 heterocycles. The number of halogens is 2. The fraction of sp³-hybridized carbons (Fsp3) is 0.267. The van der Waals surface area contributed by atoms with Gasteiger partial charge in [0.2, 0.25) is 0 Å². The van der Waals surface area contributed by atoms with Gasteiger partial charge in [-0.05, 0) is 25.5 Å². The normalized spacial score (nSPS) is 13.1. The van der Waals surface area contributed by atoms with Gasteiger partial charge in [0.25, 0.3) is 10.1 Å². The first kappa shape index (κ1) is 17.2. The van der Waals surface area contributed by atoms with E-state index in [1.165, 1.54) is 24.5 Å². The standard InChI is InChI=1S/C15H15Cl2NO3S/c1-3-14(15-12(16)8-18-9-13(15)17)21-22(19,20)11-6-4-10(2)5-7-11/h4-9,14H,3H2,1-2H3. The van der Waals surface area contributed by atoms with Crippen molar-refractivity contribution < 1.29 is 12.6 Å². The van der Waals surface area contributed by atoms with Crippen molar-refractivity contribution in [3.05, 3.63) is 57.8 Å². The fourth-order valence-electron chi connectivity index (χ4n) is 1.96. The maximum absolute atomic E-state index is 12.4. The number of aromatic nitrogens is 1. The summed E-state index contributed by atoms with van der Waals surface area (Å²) in [4.78, 5) is 3.95. The van der Waals surface area contributed by atoms with Crippen LogP contribution in [0.25, 0.3) is 0 Å². The minimum Gasteiger partial charge on any atom is -0.262 e. The zero-order chi connectivity index (χ0) is 16.3. The highest BCUT2D eigenvalue weighted by Crippen LogP contribution is 2.35. The van der Waals surface area contributed by atoms with Crippen LogP contribution >= 0.6 is 23.2 Å². The molecule has 22 heavy (non-hydrogen) atoms. The lowest BCUT2D eigenvalue weighted by Gasteiger charge is -2.18. The lowest BCUT2D eigenvalue weighted by Crippen LogP contribution is -2.13. The fourth-order valence-corrected chi connectivity index (χ4v) is 3.69. The zero-order valence-corrected chi connectivity index (χ0v) is 14.4. The topological polar surface area (TPSA) is 56.3 Å². The molecule has 2 rings (SSSR count). The minimum absolute atomic E-state index is 0.0952. The van der Waals surface area contributed by atoms with E-state index in [4.69, 9.17) is 27.4 Å². The molecule has 1 unspecified atom stereocenters. The largest absolute Gasteiger partial charge is 0.297 e. The van der Waals surface area contributed by atoms with Crippen molar-refractivity contribution in [1.82, 2.24) is 4.98 Å². The van der Waals surface area contributed by atoms with Crippen LogP contribution in [0.5, 0.6) is 0 Å². The zero-order valence-electron chi connectivity index (χ0n) is 12.1. The first-order valence-electron chi connectivity index (χ1n) is 6.64. The van der Waals surface area contributed by atoms with Crippen LogP contribution < -0.4 is 0 Å². The van der Waals surface area contributed by atoms with E-state index < -0.39 is 16.2 Å². The van der Waals surface area contributed by atoms with E-state index in [-0.39, 0.29) is 14.9 Å². The number of aryl methyl sites for hydroxylation is 1. The van der Waals surface area contributed by atoms with Crippen molar-refractivity contribution in [2.45, 2.75) is 31.3 Å². The van der Waals surface area contributed by atoms with Gasteiger partial charge in [0.1, 0.15) is 6.10 Å². The van der Waals surface area contributed by atoms with Gasteiger partial charge in [-0.15, -0.1) is 0 Å². The highest BCUT2D eigenvalue weighted by atomic mass is 35.5. The Morgan fingerprint density at radius 1 is 1.14 bits per heavy atom. The Morgan fingerprint density at radius 2 is 1.68 bits per heavy atom. The summed E-state index contributed by atoms with van der Waals surface area (Å²) in [6, 6.07) is 6.44. The number of pyridine rings is 1. The average molecular weight is 360 g/mol. The van der Waals surface area contributed by atoms with Crippen molar-refractivity contribution in [2.24, 2.45) is 0 Å². The monoisotopic (exact) mass is 359 g/mol. The van der Waals surface area contributed by atoms with Crippen LogP contribution in [0.15, 0.2) is 41.6 Å². The van der Waals surface area contributed by atoms with Gasteiger partial charge in [-0.1, -0.05) is 47.8 Å². The summed E-state index contributed by atoms with van der Waals surface area (Å²) >= 11 is 12.2. The molecule has 0 bridgehead atoms. The molecule has 0 fully saturated rings. The molecule has 0 aliphatic heterocycles. The van der Waals surface area contributed by atoms with Gasteiger partial charge >= 0.3 is 0 Å². The van der Waals surface area contributed by atoms with E-state index in [9.17, 15) is 8.42 Å². The molecule has 0 spiro atoms. The van der Waals surface area contributed by atoms with E-state index in [1.54, 1.807) is 19.1 Å². The molecule has 7 heteroatoms. The van der Waals surface area contributed by atoms with E-state index in [0.29, 0.717) is 12.0 Å². The van der Waals surface area contributed by atoms with Crippen molar-refractivity contribution >= 4 is 33.3 Å². The summed E-state index contributed by atoms with van der Waals surface area (Å²) in [5.74, 6) is 0. The van der Waals surface area contributed by atoms with Gasteiger partial charge in [0.15, 0.2) is 0 Å². The molecule has 118 valence electrons. The summed E-state index contributed by atoms with van der Waals surface area (Å²) in [6.07, 6.45) is 2.45. The van der Waals surface area contributed by atoms with Crippen LogP contribution in [0.4, 0.5) is 0 Å². The van der Waals surface area contributed by atoms with Crippen LogP contribution in [0.3, 0.4) is 0 Å². The molecule has 2 aromatic rings. The maximum Gasteiger partial charge on any atom is 0.297 e. The van der Waals surface area contributed by atoms with Crippen molar-refractivity contribution in [3.8, 4) is 0 Å². The molecule has 0 aliphatic carbocycles. The first-order valence-corrected chi connectivity index (χ1v) is 8.80. The Hall–Kier alpha value is -1.14. The number of rotatable bonds is 5. The quantitative estimate of drug-likeness (QED) is 0.734. The molecule has 0 amide bonds. The Bertz CT molecular complexity index is 741. The van der Waals surface area contributed by atoms with Crippen LogP contribution in [-0.2, 0) is 14.3 Å². The van der Waals surface area contributed by atoms with Crippen LogP contribution in [-0.4, -0.2) is 13.4 Å².